The summed E-state index contributed by atoms with van der Waals surface area (Å²) in [5.41, 5.74) is 6.16. The Morgan fingerprint density at radius 3 is 2.73 bits per heavy atom. The number of aromatic nitrogens is 4. The molecule has 9 nitrogen and oxygen atoms in total. The molecule has 2 aromatic carbocycles. The molecular formula is C24H25N7O2. The molecule has 0 atom stereocenters. The molecule has 0 unspecified atom stereocenters. The molecule has 0 spiro atoms. The van der Waals surface area contributed by atoms with Gasteiger partial charge >= 0.3 is 6.01 Å². The molecule has 2 aromatic heterocycles. The van der Waals surface area contributed by atoms with Gasteiger partial charge in [-0.15, -0.1) is 0 Å². The second-order valence-electron chi connectivity index (χ2n) is 7.58. The van der Waals surface area contributed by atoms with Crippen LogP contribution >= 0.6 is 0 Å². The van der Waals surface area contributed by atoms with Gasteiger partial charge in [0, 0.05) is 42.2 Å². The number of rotatable bonds is 8. The molecule has 3 heterocycles. The van der Waals surface area contributed by atoms with Crippen molar-refractivity contribution in [1.82, 2.24) is 19.9 Å². The van der Waals surface area contributed by atoms with Crippen LogP contribution in [0.5, 0.6) is 6.01 Å². The number of aromatic amines is 1. The normalized spacial score (nSPS) is 14.1. The molecule has 0 amide bonds. The standard InChI is InChI=1S/C24H25N7O2/c1-2-6-18(7-3-1)10-13-33-24-28-22(27-23(29-24)31-11-14-32-15-12-31)30-26-17-19-16-25-21-9-5-4-8-20(19)21/h1-9,16-17,25H,10-15H2,(H,27,28,29,30)/b26-17+. The molecule has 1 aliphatic heterocycles. The lowest BCUT2D eigenvalue weighted by atomic mass is 10.2. The summed E-state index contributed by atoms with van der Waals surface area (Å²) in [7, 11) is 0. The van der Waals surface area contributed by atoms with Crippen molar-refractivity contribution in [2.45, 2.75) is 6.42 Å². The summed E-state index contributed by atoms with van der Waals surface area (Å²) >= 11 is 0. The number of ether oxygens (including phenoxy) is 2. The van der Waals surface area contributed by atoms with E-state index < -0.39 is 0 Å². The number of hydrogen-bond donors (Lipinski definition) is 2. The quantitative estimate of drug-likeness (QED) is 0.318. The zero-order valence-electron chi connectivity index (χ0n) is 18.1. The van der Waals surface area contributed by atoms with Crippen LogP contribution in [0.2, 0.25) is 0 Å². The number of nitrogens with zero attached hydrogens (tertiary/aromatic N) is 5. The van der Waals surface area contributed by atoms with Gasteiger partial charge in [0.15, 0.2) is 0 Å². The van der Waals surface area contributed by atoms with Crippen LogP contribution in [0.15, 0.2) is 65.9 Å². The van der Waals surface area contributed by atoms with Crippen molar-refractivity contribution >= 4 is 29.0 Å². The van der Waals surface area contributed by atoms with Crippen LogP contribution in [0.25, 0.3) is 10.9 Å². The van der Waals surface area contributed by atoms with Crippen LogP contribution in [0.1, 0.15) is 11.1 Å². The van der Waals surface area contributed by atoms with Crippen molar-refractivity contribution in [1.29, 1.82) is 0 Å². The first kappa shape index (κ1) is 20.9. The number of morpholine rings is 1. The van der Waals surface area contributed by atoms with Crippen molar-refractivity contribution in [2.75, 3.05) is 43.2 Å². The molecule has 0 saturated carbocycles. The van der Waals surface area contributed by atoms with Crippen LogP contribution in [0.4, 0.5) is 11.9 Å². The maximum absolute atomic E-state index is 5.87. The average Bonchev–Trinajstić information content (AvgIpc) is 3.28. The number of benzene rings is 2. The molecule has 9 heteroatoms. The van der Waals surface area contributed by atoms with Gasteiger partial charge in [0.25, 0.3) is 5.95 Å². The van der Waals surface area contributed by atoms with E-state index in [1.54, 1.807) is 6.21 Å². The van der Waals surface area contributed by atoms with Gasteiger partial charge in [-0.2, -0.15) is 20.1 Å². The fourth-order valence-corrected chi connectivity index (χ4v) is 3.63. The summed E-state index contributed by atoms with van der Waals surface area (Å²) in [5, 5.41) is 5.44. The van der Waals surface area contributed by atoms with E-state index in [1.807, 2.05) is 48.7 Å². The number of nitrogens with one attached hydrogen (secondary N) is 2. The van der Waals surface area contributed by atoms with E-state index in [2.05, 4.69) is 47.5 Å². The predicted octanol–water partition coefficient (Wildman–Crippen LogP) is 3.26. The summed E-state index contributed by atoms with van der Waals surface area (Å²) in [6.45, 7) is 3.17. The van der Waals surface area contributed by atoms with Crippen LogP contribution in [-0.4, -0.2) is 59.1 Å². The van der Waals surface area contributed by atoms with Gasteiger partial charge in [-0.3, -0.25) is 0 Å². The highest BCUT2D eigenvalue weighted by Gasteiger charge is 2.17. The monoisotopic (exact) mass is 443 g/mol. The largest absolute Gasteiger partial charge is 0.463 e. The molecule has 1 fully saturated rings. The lowest BCUT2D eigenvalue weighted by Gasteiger charge is -2.26. The summed E-state index contributed by atoms with van der Waals surface area (Å²) in [4.78, 5) is 18.8. The van der Waals surface area contributed by atoms with Crippen molar-refractivity contribution in [3.05, 3.63) is 71.9 Å². The molecule has 1 aliphatic rings. The molecule has 0 bridgehead atoms. The van der Waals surface area contributed by atoms with Crippen molar-refractivity contribution in [3.8, 4) is 6.01 Å². The summed E-state index contributed by atoms with van der Waals surface area (Å²) < 4.78 is 11.3. The molecule has 1 saturated heterocycles. The number of fused-ring (bicyclic) bond motifs is 1. The fourth-order valence-electron chi connectivity index (χ4n) is 3.63. The number of hydrogen-bond acceptors (Lipinski definition) is 8. The van der Waals surface area contributed by atoms with Gasteiger partial charge in [0.2, 0.25) is 5.95 Å². The maximum atomic E-state index is 5.87. The lowest BCUT2D eigenvalue weighted by Crippen LogP contribution is -2.37. The van der Waals surface area contributed by atoms with Gasteiger partial charge in [0.05, 0.1) is 26.0 Å². The summed E-state index contributed by atoms with van der Waals surface area (Å²) in [6.07, 6.45) is 4.42. The molecule has 168 valence electrons. The van der Waals surface area contributed by atoms with Crippen molar-refractivity contribution in [3.63, 3.8) is 0 Å². The number of hydrazone groups is 1. The molecule has 0 radical (unpaired) electrons. The van der Waals surface area contributed by atoms with E-state index in [9.17, 15) is 0 Å². The smallest absolute Gasteiger partial charge is 0.323 e. The first-order valence-electron chi connectivity index (χ1n) is 11.0. The van der Waals surface area contributed by atoms with E-state index in [4.69, 9.17) is 9.47 Å². The van der Waals surface area contributed by atoms with E-state index in [0.717, 1.165) is 22.9 Å². The molecule has 4 aromatic rings. The average molecular weight is 444 g/mol. The Morgan fingerprint density at radius 2 is 1.85 bits per heavy atom. The second-order valence-corrected chi connectivity index (χ2v) is 7.58. The Kier molecular flexibility index (Phi) is 6.39. The van der Waals surface area contributed by atoms with Crippen molar-refractivity contribution in [2.24, 2.45) is 5.10 Å². The third-order valence-corrected chi connectivity index (χ3v) is 5.35. The lowest BCUT2D eigenvalue weighted by molar-refractivity contribution is 0.122. The molecule has 2 N–H and O–H groups in total. The molecule has 33 heavy (non-hydrogen) atoms. The van der Waals surface area contributed by atoms with Gasteiger partial charge in [-0.05, 0) is 11.6 Å². The Hall–Kier alpha value is -3.98. The first-order valence-corrected chi connectivity index (χ1v) is 11.0. The SMILES string of the molecule is C(=N\Nc1nc(OCCc2ccccc2)nc(N2CCOCC2)n1)/c1c[nH]c2ccccc12. The third kappa shape index (κ3) is 5.27. The van der Waals surface area contributed by atoms with Gasteiger partial charge in [-0.25, -0.2) is 5.43 Å². The predicted molar refractivity (Wildman–Crippen MR) is 128 cm³/mol. The molecule has 0 aliphatic carbocycles. The fraction of sp³-hybridized carbons (Fsp3) is 0.250. The van der Waals surface area contributed by atoms with Crippen molar-refractivity contribution < 1.29 is 9.47 Å². The topological polar surface area (TPSA) is 101 Å². The van der Waals surface area contributed by atoms with Gasteiger partial charge in [-0.1, -0.05) is 48.5 Å². The minimum atomic E-state index is 0.271. The van der Waals surface area contributed by atoms with E-state index in [0.29, 0.717) is 44.8 Å². The first-order chi connectivity index (χ1) is 16.3. The van der Waals surface area contributed by atoms with Crippen LogP contribution < -0.4 is 15.1 Å². The highest BCUT2D eigenvalue weighted by atomic mass is 16.5. The second kappa shape index (κ2) is 10.1. The highest BCUT2D eigenvalue weighted by Crippen LogP contribution is 2.18. The number of para-hydroxylation sites is 1. The molecular weight excluding hydrogens is 418 g/mol. The van der Waals surface area contributed by atoms with Gasteiger partial charge in [0.1, 0.15) is 0 Å². The molecule has 5 rings (SSSR count). The Morgan fingerprint density at radius 1 is 1.03 bits per heavy atom. The van der Waals surface area contributed by atoms with E-state index >= 15 is 0 Å². The number of H-pyrrole nitrogens is 1. The Bertz CT molecular complexity index is 1220. The van der Waals surface area contributed by atoms with Gasteiger partial charge < -0.3 is 19.4 Å². The zero-order valence-corrected chi connectivity index (χ0v) is 18.1. The van der Waals surface area contributed by atoms with E-state index in [-0.39, 0.29) is 6.01 Å². The Labute approximate surface area is 191 Å². The minimum Gasteiger partial charge on any atom is -0.463 e. The highest BCUT2D eigenvalue weighted by molar-refractivity contribution is 5.99. The Balaban J connectivity index is 1.31. The maximum Gasteiger partial charge on any atom is 0.323 e. The summed E-state index contributed by atoms with van der Waals surface area (Å²) in [6, 6.07) is 18.5. The van der Waals surface area contributed by atoms with Crippen LogP contribution in [-0.2, 0) is 11.2 Å². The third-order valence-electron chi connectivity index (χ3n) is 5.35. The van der Waals surface area contributed by atoms with Crippen LogP contribution in [0.3, 0.4) is 0 Å². The number of anilines is 2. The minimum absolute atomic E-state index is 0.271. The van der Waals surface area contributed by atoms with Crippen LogP contribution in [0, 0.1) is 0 Å². The van der Waals surface area contributed by atoms with E-state index in [1.165, 1.54) is 5.56 Å². The zero-order chi connectivity index (χ0) is 22.3. The summed E-state index contributed by atoms with van der Waals surface area (Å²) in [5.74, 6) is 0.880.